The maximum atomic E-state index is 11.9. The average molecular weight is 296 g/mol. The second-order valence-corrected chi connectivity index (χ2v) is 4.56. The molecule has 0 spiro atoms. The van der Waals surface area contributed by atoms with Gasteiger partial charge in [-0.1, -0.05) is 0 Å². The Kier molecular flexibility index (Phi) is 5.43. The molecule has 106 valence electrons. The summed E-state index contributed by atoms with van der Waals surface area (Å²) < 4.78 is 40.8. The van der Waals surface area contributed by atoms with Gasteiger partial charge in [0.15, 0.2) is 0 Å². The summed E-state index contributed by atoms with van der Waals surface area (Å²) in [5.74, 6) is 0.000643. The van der Waals surface area contributed by atoms with Crippen LogP contribution in [0.1, 0.15) is 5.56 Å². The van der Waals surface area contributed by atoms with Gasteiger partial charge >= 0.3 is 5.51 Å². The van der Waals surface area contributed by atoms with Crippen molar-refractivity contribution in [3.8, 4) is 5.75 Å². The number of nitrogens with zero attached hydrogens (tertiary/aromatic N) is 1. The molecule has 5 nitrogen and oxygen atoms in total. The fraction of sp³-hybridized carbons (Fsp3) is 0.400. The van der Waals surface area contributed by atoms with Gasteiger partial charge in [-0.15, -0.1) is 0 Å². The smallest absolute Gasteiger partial charge is 0.441 e. The Morgan fingerprint density at radius 3 is 2.63 bits per heavy atom. The lowest BCUT2D eigenvalue weighted by molar-refractivity contribution is -0.384. The molecule has 0 saturated heterocycles. The SMILES string of the molecule is NCc1cc([N+](=O)[O-])ccc1OCCSC(F)(F)F. The Bertz CT molecular complexity index is 454. The molecule has 19 heavy (non-hydrogen) atoms. The van der Waals surface area contributed by atoms with Crippen LogP contribution in [0.2, 0.25) is 0 Å². The summed E-state index contributed by atoms with van der Waals surface area (Å²) in [7, 11) is 0. The van der Waals surface area contributed by atoms with Gasteiger partial charge in [-0.05, 0) is 17.8 Å². The molecule has 2 N–H and O–H groups in total. The largest absolute Gasteiger partial charge is 0.492 e. The molecule has 0 radical (unpaired) electrons. The number of nitro groups is 1. The second kappa shape index (κ2) is 6.62. The first-order valence-electron chi connectivity index (χ1n) is 5.14. The van der Waals surface area contributed by atoms with Gasteiger partial charge in [0.25, 0.3) is 5.69 Å². The van der Waals surface area contributed by atoms with Gasteiger partial charge in [-0.3, -0.25) is 10.1 Å². The zero-order chi connectivity index (χ0) is 14.5. The van der Waals surface area contributed by atoms with E-state index in [9.17, 15) is 23.3 Å². The number of rotatable bonds is 6. The van der Waals surface area contributed by atoms with Crippen LogP contribution in [0.5, 0.6) is 5.75 Å². The minimum absolute atomic E-state index is 0.00340. The third kappa shape index (κ3) is 5.35. The Morgan fingerprint density at radius 2 is 2.11 bits per heavy atom. The molecule has 0 bridgehead atoms. The molecule has 0 aliphatic rings. The quantitative estimate of drug-likeness (QED) is 0.496. The van der Waals surface area contributed by atoms with Crippen molar-refractivity contribution in [2.45, 2.75) is 12.1 Å². The van der Waals surface area contributed by atoms with E-state index in [2.05, 4.69) is 0 Å². The van der Waals surface area contributed by atoms with Crippen LogP contribution in [0.25, 0.3) is 0 Å². The molecule has 0 aliphatic carbocycles. The average Bonchev–Trinajstić information content (AvgIpc) is 2.33. The van der Waals surface area contributed by atoms with Crippen LogP contribution in [-0.2, 0) is 6.54 Å². The number of thioether (sulfide) groups is 1. The van der Waals surface area contributed by atoms with E-state index in [-0.39, 0.29) is 42.1 Å². The van der Waals surface area contributed by atoms with E-state index in [1.807, 2.05) is 0 Å². The minimum Gasteiger partial charge on any atom is -0.492 e. The molecule has 1 aromatic carbocycles. The van der Waals surface area contributed by atoms with Crippen LogP contribution < -0.4 is 10.5 Å². The van der Waals surface area contributed by atoms with E-state index in [1.54, 1.807) is 0 Å². The Morgan fingerprint density at radius 1 is 1.42 bits per heavy atom. The molecule has 0 saturated carbocycles. The number of benzene rings is 1. The zero-order valence-electron chi connectivity index (χ0n) is 9.64. The Hall–Kier alpha value is -1.48. The van der Waals surface area contributed by atoms with Crippen LogP contribution in [0.3, 0.4) is 0 Å². The van der Waals surface area contributed by atoms with Crippen LogP contribution in [0.4, 0.5) is 18.9 Å². The van der Waals surface area contributed by atoms with Gasteiger partial charge in [0.2, 0.25) is 0 Å². The van der Waals surface area contributed by atoms with Gasteiger partial charge in [0.1, 0.15) is 5.75 Å². The van der Waals surface area contributed by atoms with E-state index >= 15 is 0 Å². The summed E-state index contributed by atoms with van der Waals surface area (Å²) in [5.41, 5.74) is 1.35. The van der Waals surface area contributed by atoms with E-state index in [0.29, 0.717) is 5.56 Å². The van der Waals surface area contributed by atoms with Gasteiger partial charge in [0.05, 0.1) is 11.5 Å². The molecule has 0 atom stereocenters. The van der Waals surface area contributed by atoms with E-state index in [1.165, 1.54) is 18.2 Å². The van der Waals surface area contributed by atoms with Gasteiger partial charge in [-0.2, -0.15) is 13.2 Å². The zero-order valence-corrected chi connectivity index (χ0v) is 10.5. The monoisotopic (exact) mass is 296 g/mol. The van der Waals surface area contributed by atoms with Crippen molar-refractivity contribution in [2.75, 3.05) is 12.4 Å². The highest BCUT2D eigenvalue weighted by atomic mass is 32.2. The fourth-order valence-electron chi connectivity index (χ4n) is 1.29. The molecule has 0 aliphatic heterocycles. The van der Waals surface area contributed by atoms with Crippen molar-refractivity contribution in [2.24, 2.45) is 5.73 Å². The predicted octanol–water partition coefficient (Wildman–Crippen LogP) is 2.69. The van der Waals surface area contributed by atoms with Crippen molar-refractivity contribution in [3.05, 3.63) is 33.9 Å². The molecule has 1 rings (SSSR count). The van der Waals surface area contributed by atoms with Crippen molar-refractivity contribution in [1.82, 2.24) is 0 Å². The van der Waals surface area contributed by atoms with Gasteiger partial charge in [0, 0.05) is 30.0 Å². The standard InChI is InChI=1S/C10H11F3N2O3S/c11-10(12,13)19-4-3-18-9-2-1-8(15(16)17)5-7(9)6-14/h1-2,5H,3-4,6,14H2. The van der Waals surface area contributed by atoms with Crippen molar-refractivity contribution >= 4 is 17.4 Å². The number of non-ortho nitro benzene ring substituents is 1. The van der Waals surface area contributed by atoms with Gasteiger partial charge < -0.3 is 10.5 Å². The Balaban J connectivity index is 2.61. The topological polar surface area (TPSA) is 78.4 Å². The molecule has 0 heterocycles. The molecule has 0 unspecified atom stereocenters. The number of nitrogens with two attached hydrogens (primary N) is 1. The van der Waals surface area contributed by atoms with Crippen molar-refractivity contribution in [1.29, 1.82) is 0 Å². The fourth-order valence-corrected chi connectivity index (χ4v) is 1.69. The van der Waals surface area contributed by atoms with Crippen LogP contribution in [0.15, 0.2) is 18.2 Å². The number of hydrogen-bond acceptors (Lipinski definition) is 5. The maximum Gasteiger partial charge on any atom is 0.441 e. The molecule has 0 aromatic heterocycles. The summed E-state index contributed by atoms with van der Waals surface area (Å²) >= 11 is -0.190. The summed E-state index contributed by atoms with van der Waals surface area (Å²) in [6, 6.07) is 3.79. The summed E-state index contributed by atoms with van der Waals surface area (Å²) in [4.78, 5) is 9.97. The lowest BCUT2D eigenvalue weighted by atomic mass is 10.2. The van der Waals surface area contributed by atoms with Crippen molar-refractivity contribution < 1.29 is 22.8 Å². The van der Waals surface area contributed by atoms with Crippen LogP contribution in [-0.4, -0.2) is 22.8 Å². The number of nitro benzene ring substituents is 1. The van der Waals surface area contributed by atoms with Crippen LogP contribution >= 0.6 is 11.8 Å². The first kappa shape index (κ1) is 15.6. The number of ether oxygens (including phenoxy) is 1. The summed E-state index contributed by atoms with van der Waals surface area (Å²) in [5, 5.41) is 10.5. The lowest BCUT2D eigenvalue weighted by Crippen LogP contribution is -2.09. The number of hydrogen-bond donors (Lipinski definition) is 1. The molecule has 1 aromatic rings. The first-order valence-corrected chi connectivity index (χ1v) is 6.13. The Labute approximate surface area is 111 Å². The highest BCUT2D eigenvalue weighted by Gasteiger charge is 2.27. The highest BCUT2D eigenvalue weighted by molar-refractivity contribution is 8.00. The third-order valence-corrected chi connectivity index (χ3v) is 2.78. The van der Waals surface area contributed by atoms with E-state index in [4.69, 9.17) is 10.5 Å². The number of halogens is 3. The van der Waals surface area contributed by atoms with Crippen LogP contribution in [0, 0.1) is 10.1 Å². The molecule has 0 amide bonds. The number of alkyl halides is 3. The van der Waals surface area contributed by atoms with E-state index < -0.39 is 10.4 Å². The molecule has 0 fully saturated rings. The molecular weight excluding hydrogens is 285 g/mol. The second-order valence-electron chi connectivity index (χ2n) is 3.40. The predicted molar refractivity (Wildman–Crippen MR) is 65.0 cm³/mol. The molecular formula is C10H11F3N2O3S. The van der Waals surface area contributed by atoms with E-state index in [0.717, 1.165) is 0 Å². The normalized spacial score (nSPS) is 11.4. The van der Waals surface area contributed by atoms with Crippen molar-refractivity contribution in [3.63, 3.8) is 0 Å². The minimum atomic E-state index is -4.30. The highest BCUT2D eigenvalue weighted by Crippen LogP contribution is 2.30. The lowest BCUT2D eigenvalue weighted by Gasteiger charge is -2.10. The maximum absolute atomic E-state index is 11.9. The molecule has 9 heteroatoms. The van der Waals surface area contributed by atoms with Gasteiger partial charge in [-0.25, -0.2) is 0 Å². The first-order chi connectivity index (χ1) is 8.83. The summed E-state index contributed by atoms with van der Waals surface area (Å²) in [6.45, 7) is -0.154. The summed E-state index contributed by atoms with van der Waals surface area (Å²) in [6.07, 6.45) is 0. The third-order valence-electron chi connectivity index (χ3n) is 2.08.